The highest BCUT2D eigenvalue weighted by atomic mass is 16.5. The van der Waals surface area contributed by atoms with Gasteiger partial charge in [0, 0.05) is 23.5 Å². The van der Waals surface area contributed by atoms with Gasteiger partial charge in [-0.05, 0) is 62.3 Å². The number of aromatic amines is 2. The summed E-state index contributed by atoms with van der Waals surface area (Å²) in [5.41, 5.74) is 7.12. The maximum absolute atomic E-state index is 6.20. The molecule has 1 fully saturated rings. The van der Waals surface area contributed by atoms with Gasteiger partial charge in [0.1, 0.15) is 28.6 Å². The van der Waals surface area contributed by atoms with Crippen LogP contribution in [0.15, 0.2) is 67.1 Å². The van der Waals surface area contributed by atoms with E-state index in [9.17, 15) is 0 Å². The molecule has 1 aromatic carbocycles. The fourth-order valence-electron chi connectivity index (χ4n) is 4.98. The summed E-state index contributed by atoms with van der Waals surface area (Å²) in [5.74, 6) is 2.12. The number of fused-ring (bicyclic) bond motifs is 2. The maximum atomic E-state index is 6.20. The molecule has 0 aliphatic carbocycles. The van der Waals surface area contributed by atoms with Gasteiger partial charge in [-0.1, -0.05) is 12.1 Å². The Bertz CT molecular complexity index is 1790. The molecule has 0 unspecified atom stereocenters. The lowest BCUT2D eigenvalue weighted by molar-refractivity contribution is 0.162. The number of rotatable bonds is 6. The first kappa shape index (κ1) is 23.3. The Labute approximate surface area is 223 Å². The molecular weight excluding hydrogens is 492 g/mol. The average molecular weight is 519 g/mol. The number of hydrogen-bond acceptors (Lipinski definition) is 8. The zero-order chi connectivity index (χ0) is 26.2. The van der Waals surface area contributed by atoms with E-state index in [2.05, 4.69) is 30.5 Å². The van der Waals surface area contributed by atoms with Crippen molar-refractivity contribution in [3.8, 4) is 45.5 Å². The first-order valence-electron chi connectivity index (χ1n) is 12.9. The first-order valence-corrected chi connectivity index (χ1v) is 12.9. The SMILES string of the molecule is COc1cccc(-c2nccc3[nH]c(-c4n[nH]c5ccc(-c6cncc(OC7CCNCC7)c6)nc45)nc23)c1. The summed E-state index contributed by atoms with van der Waals surface area (Å²) in [6.45, 7) is 1.94. The Hall–Kier alpha value is -4.83. The zero-order valence-corrected chi connectivity index (χ0v) is 21.3. The minimum Gasteiger partial charge on any atom is -0.497 e. The van der Waals surface area contributed by atoms with E-state index in [1.54, 1.807) is 25.7 Å². The van der Waals surface area contributed by atoms with Gasteiger partial charge in [0.15, 0.2) is 11.5 Å². The van der Waals surface area contributed by atoms with Crippen LogP contribution in [0, 0.1) is 0 Å². The van der Waals surface area contributed by atoms with Gasteiger partial charge in [-0.15, -0.1) is 0 Å². The van der Waals surface area contributed by atoms with Crippen molar-refractivity contribution in [2.75, 3.05) is 20.2 Å². The third-order valence-electron chi connectivity index (χ3n) is 6.97. The van der Waals surface area contributed by atoms with Gasteiger partial charge in [-0.3, -0.25) is 15.1 Å². The lowest BCUT2D eigenvalue weighted by Crippen LogP contribution is -2.34. The summed E-state index contributed by atoms with van der Waals surface area (Å²) in [5, 5.41) is 11.0. The summed E-state index contributed by atoms with van der Waals surface area (Å²) in [6.07, 6.45) is 7.50. The van der Waals surface area contributed by atoms with E-state index in [-0.39, 0.29) is 6.10 Å². The summed E-state index contributed by atoms with van der Waals surface area (Å²) >= 11 is 0. The van der Waals surface area contributed by atoms with Crippen LogP contribution in [-0.4, -0.2) is 61.4 Å². The molecule has 1 aliphatic rings. The van der Waals surface area contributed by atoms with E-state index in [1.165, 1.54) is 0 Å². The summed E-state index contributed by atoms with van der Waals surface area (Å²) in [4.78, 5) is 22.3. The summed E-state index contributed by atoms with van der Waals surface area (Å²) in [7, 11) is 1.65. The molecule has 39 heavy (non-hydrogen) atoms. The topological polar surface area (TPSA) is 127 Å². The molecule has 0 bridgehead atoms. The van der Waals surface area contributed by atoms with Gasteiger partial charge >= 0.3 is 0 Å². The number of nitrogens with zero attached hydrogens (tertiary/aromatic N) is 5. The average Bonchev–Trinajstić information content (AvgIpc) is 3.61. The number of imidazole rings is 1. The molecule has 0 radical (unpaired) electrons. The van der Waals surface area contributed by atoms with Gasteiger partial charge in [0.2, 0.25) is 0 Å². The van der Waals surface area contributed by atoms with Crippen LogP contribution in [0.3, 0.4) is 0 Å². The number of methoxy groups -OCH3 is 1. The zero-order valence-electron chi connectivity index (χ0n) is 21.3. The lowest BCUT2D eigenvalue weighted by Gasteiger charge is -2.23. The molecule has 0 spiro atoms. The van der Waals surface area contributed by atoms with Crippen LogP contribution >= 0.6 is 0 Å². The molecule has 194 valence electrons. The van der Waals surface area contributed by atoms with Gasteiger partial charge in [0.05, 0.1) is 35.7 Å². The Morgan fingerprint density at radius 2 is 1.72 bits per heavy atom. The molecular formula is C29H26N8O2. The molecule has 3 N–H and O–H groups in total. The number of hydrogen-bond donors (Lipinski definition) is 3. The molecule has 0 saturated carbocycles. The Morgan fingerprint density at radius 1 is 0.846 bits per heavy atom. The third kappa shape index (κ3) is 4.44. The molecule has 5 aromatic heterocycles. The van der Waals surface area contributed by atoms with E-state index in [1.807, 2.05) is 48.5 Å². The van der Waals surface area contributed by atoms with E-state index in [0.717, 1.165) is 76.5 Å². The van der Waals surface area contributed by atoms with Crippen LogP contribution in [0.2, 0.25) is 0 Å². The van der Waals surface area contributed by atoms with E-state index in [4.69, 9.17) is 19.4 Å². The molecule has 10 heteroatoms. The second-order valence-electron chi connectivity index (χ2n) is 9.51. The number of nitrogens with one attached hydrogen (secondary N) is 3. The summed E-state index contributed by atoms with van der Waals surface area (Å²) in [6, 6.07) is 15.6. The van der Waals surface area contributed by atoms with Crippen molar-refractivity contribution in [2.24, 2.45) is 0 Å². The predicted octanol–water partition coefficient (Wildman–Crippen LogP) is 4.76. The van der Waals surface area contributed by atoms with E-state index >= 15 is 0 Å². The number of H-pyrrole nitrogens is 2. The Balaban J connectivity index is 1.25. The van der Waals surface area contributed by atoms with Crippen molar-refractivity contribution in [3.63, 3.8) is 0 Å². The molecule has 6 aromatic rings. The standard InChI is InChI=1S/C29H26N8O2/c1-38-20-4-2-3-17(13-20)25-26-23(9-12-32-25)34-29(35-26)28-27-24(36-37-28)6-5-22(33-27)18-14-21(16-31-15-18)39-19-7-10-30-11-8-19/h2-6,9,12-16,19,30H,7-8,10-11H2,1H3,(H,34,35)(H,36,37). The van der Waals surface area contributed by atoms with Crippen molar-refractivity contribution in [1.29, 1.82) is 0 Å². The predicted molar refractivity (Wildman–Crippen MR) is 149 cm³/mol. The third-order valence-corrected chi connectivity index (χ3v) is 6.97. The van der Waals surface area contributed by atoms with Crippen LogP contribution in [0.25, 0.3) is 56.1 Å². The summed E-state index contributed by atoms with van der Waals surface area (Å²) < 4.78 is 11.6. The first-order chi connectivity index (χ1) is 19.2. The molecule has 0 amide bonds. The Kier molecular flexibility index (Phi) is 5.86. The molecule has 6 heterocycles. The highest BCUT2D eigenvalue weighted by Crippen LogP contribution is 2.32. The molecule has 1 aliphatic heterocycles. The van der Waals surface area contributed by atoms with Gasteiger partial charge in [-0.25, -0.2) is 9.97 Å². The number of aromatic nitrogens is 7. The van der Waals surface area contributed by atoms with Crippen molar-refractivity contribution < 1.29 is 9.47 Å². The van der Waals surface area contributed by atoms with E-state index in [0.29, 0.717) is 17.0 Å². The van der Waals surface area contributed by atoms with Crippen molar-refractivity contribution in [1.82, 2.24) is 40.4 Å². The van der Waals surface area contributed by atoms with Gasteiger partial charge in [-0.2, -0.15) is 5.10 Å². The van der Waals surface area contributed by atoms with Crippen molar-refractivity contribution in [2.45, 2.75) is 18.9 Å². The van der Waals surface area contributed by atoms with Crippen molar-refractivity contribution in [3.05, 3.63) is 67.1 Å². The minimum absolute atomic E-state index is 0.198. The maximum Gasteiger partial charge on any atom is 0.161 e. The minimum atomic E-state index is 0.198. The molecule has 0 atom stereocenters. The lowest BCUT2D eigenvalue weighted by atomic mass is 10.1. The van der Waals surface area contributed by atoms with Gasteiger partial charge in [0.25, 0.3) is 0 Å². The smallest absolute Gasteiger partial charge is 0.161 e. The normalized spacial score (nSPS) is 14.2. The van der Waals surface area contributed by atoms with Crippen LogP contribution < -0.4 is 14.8 Å². The van der Waals surface area contributed by atoms with Gasteiger partial charge < -0.3 is 19.8 Å². The second kappa shape index (κ2) is 9.80. The van der Waals surface area contributed by atoms with Crippen LogP contribution in [0.1, 0.15) is 12.8 Å². The molecule has 7 rings (SSSR count). The highest BCUT2D eigenvalue weighted by molar-refractivity contribution is 5.95. The fourth-order valence-corrected chi connectivity index (χ4v) is 4.98. The van der Waals surface area contributed by atoms with Crippen molar-refractivity contribution >= 4 is 22.1 Å². The number of piperidine rings is 1. The fraction of sp³-hybridized carbons (Fsp3) is 0.207. The molecule has 10 nitrogen and oxygen atoms in total. The highest BCUT2D eigenvalue weighted by Gasteiger charge is 2.19. The number of ether oxygens (including phenoxy) is 2. The monoisotopic (exact) mass is 518 g/mol. The van der Waals surface area contributed by atoms with E-state index < -0.39 is 0 Å². The van der Waals surface area contributed by atoms with Crippen LogP contribution in [-0.2, 0) is 0 Å². The van der Waals surface area contributed by atoms with Crippen LogP contribution in [0.5, 0.6) is 11.5 Å². The Morgan fingerprint density at radius 3 is 2.62 bits per heavy atom. The molecule has 1 saturated heterocycles. The quantitative estimate of drug-likeness (QED) is 0.288. The largest absolute Gasteiger partial charge is 0.497 e. The number of benzene rings is 1. The van der Waals surface area contributed by atoms with Crippen LogP contribution in [0.4, 0.5) is 0 Å². The number of pyridine rings is 3. The second-order valence-corrected chi connectivity index (χ2v) is 9.51.